The van der Waals surface area contributed by atoms with Gasteiger partial charge >= 0.3 is 12.1 Å². The Balaban J connectivity index is 1.25. The highest BCUT2D eigenvalue weighted by atomic mass is 19.4. The standard InChI is InChI=1S/C26H24F5N7O3/c1-37-19-10-18(41-17-4-6-32-15(8-17)9-20(39)14-2-3-14)12-33-23(19)35-24(37)34-22-11-21(25(27,28)26(29,30)31)38(36-22)16-5-7-40-13-16/h4,6,8,10-12,14,16H,2-3,5,7,9,13H2,1H3,(H,33,34,35,36). The minimum atomic E-state index is -5.80. The van der Waals surface area contributed by atoms with Crippen LogP contribution in [0, 0.1) is 5.92 Å². The topological polar surface area (TPSA) is 109 Å². The van der Waals surface area contributed by atoms with Crippen LogP contribution < -0.4 is 10.1 Å². The summed E-state index contributed by atoms with van der Waals surface area (Å²) in [5.41, 5.74) is 0.0792. The first-order chi connectivity index (χ1) is 19.5. The van der Waals surface area contributed by atoms with E-state index in [4.69, 9.17) is 9.47 Å². The van der Waals surface area contributed by atoms with Crippen LogP contribution in [0.3, 0.4) is 0 Å². The smallest absolute Gasteiger partial charge is 0.456 e. The number of aromatic nitrogens is 6. The summed E-state index contributed by atoms with van der Waals surface area (Å²) in [6, 6.07) is 4.87. The Morgan fingerprint density at radius 1 is 1.12 bits per heavy atom. The van der Waals surface area contributed by atoms with Crippen molar-refractivity contribution >= 4 is 28.7 Å². The number of ketones is 1. The van der Waals surface area contributed by atoms with E-state index in [1.165, 1.54) is 6.20 Å². The molecule has 41 heavy (non-hydrogen) atoms. The van der Waals surface area contributed by atoms with Gasteiger partial charge in [0.05, 0.1) is 30.1 Å². The van der Waals surface area contributed by atoms with E-state index in [2.05, 4.69) is 25.4 Å². The summed E-state index contributed by atoms with van der Waals surface area (Å²) in [4.78, 5) is 25.0. The maximum Gasteiger partial charge on any atom is 0.459 e. The van der Waals surface area contributed by atoms with Crippen LogP contribution in [0.5, 0.6) is 11.5 Å². The number of carbonyl (C=O) groups excluding carboxylic acids is 1. The van der Waals surface area contributed by atoms with Crippen molar-refractivity contribution in [3.05, 3.63) is 48.0 Å². The number of hydrogen-bond donors (Lipinski definition) is 1. The van der Waals surface area contributed by atoms with Gasteiger partial charge in [0, 0.05) is 50.4 Å². The molecule has 4 aromatic rings. The van der Waals surface area contributed by atoms with E-state index >= 15 is 0 Å². The third kappa shape index (κ3) is 5.33. The summed E-state index contributed by atoms with van der Waals surface area (Å²) in [7, 11) is 1.62. The zero-order valence-electron chi connectivity index (χ0n) is 21.7. The van der Waals surface area contributed by atoms with Crippen molar-refractivity contribution in [1.82, 2.24) is 29.3 Å². The summed E-state index contributed by atoms with van der Waals surface area (Å²) >= 11 is 0. The number of Topliss-reactive ketones (excluding diaryl/α,β-unsaturated/α-hetero) is 1. The molecule has 0 aromatic carbocycles. The van der Waals surface area contributed by atoms with Crippen LogP contribution in [0.2, 0.25) is 0 Å². The Bertz CT molecular complexity index is 1610. The van der Waals surface area contributed by atoms with Crippen molar-refractivity contribution < 1.29 is 36.2 Å². The molecular weight excluding hydrogens is 553 g/mol. The molecule has 6 rings (SSSR count). The van der Waals surface area contributed by atoms with Crippen molar-refractivity contribution in [3.63, 3.8) is 0 Å². The van der Waals surface area contributed by atoms with Gasteiger partial charge in [-0.3, -0.25) is 14.5 Å². The van der Waals surface area contributed by atoms with Crippen LogP contribution in [0.1, 0.15) is 36.7 Å². The number of carbonyl (C=O) groups is 1. The second kappa shape index (κ2) is 10.0. The fourth-order valence-electron chi connectivity index (χ4n) is 4.64. The number of fused-ring (bicyclic) bond motifs is 1. The maximum absolute atomic E-state index is 14.4. The average Bonchev–Trinajstić information content (AvgIpc) is 3.32. The molecular formula is C26H24F5N7O3. The first-order valence-corrected chi connectivity index (χ1v) is 12.9. The fourth-order valence-corrected chi connectivity index (χ4v) is 4.64. The van der Waals surface area contributed by atoms with E-state index in [1.54, 1.807) is 36.0 Å². The number of anilines is 2. The number of pyridine rings is 2. The lowest BCUT2D eigenvalue weighted by molar-refractivity contribution is -0.292. The SMILES string of the molecule is Cn1c(Nc2cc(C(F)(F)C(F)(F)F)n(C3CCOC3)n2)nc2ncc(Oc3ccnc(CC(=O)C4CC4)c3)cc21. The van der Waals surface area contributed by atoms with Crippen LogP contribution in [0.4, 0.5) is 33.7 Å². The lowest BCUT2D eigenvalue weighted by Crippen LogP contribution is -2.36. The lowest BCUT2D eigenvalue weighted by Gasteiger charge is -2.22. The molecule has 10 nitrogen and oxygen atoms in total. The molecule has 0 radical (unpaired) electrons. The van der Waals surface area contributed by atoms with E-state index in [0.29, 0.717) is 33.5 Å². The van der Waals surface area contributed by atoms with Gasteiger partial charge in [0.1, 0.15) is 23.0 Å². The Kier molecular flexibility index (Phi) is 6.63. The second-order valence-electron chi connectivity index (χ2n) is 10.1. The van der Waals surface area contributed by atoms with Gasteiger partial charge in [0.25, 0.3) is 0 Å². The van der Waals surface area contributed by atoms with Gasteiger partial charge in [0.15, 0.2) is 11.5 Å². The molecule has 216 valence electrons. The molecule has 0 spiro atoms. The Labute approximate surface area is 229 Å². The van der Waals surface area contributed by atoms with Gasteiger partial charge in [0.2, 0.25) is 5.95 Å². The van der Waals surface area contributed by atoms with Crippen LogP contribution >= 0.6 is 0 Å². The van der Waals surface area contributed by atoms with E-state index in [-0.39, 0.29) is 55.2 Å². The second-order valence-corrected chi connectivity index (χ2v) is 10.1. The zero-order valence-corrected chi connectivity index (χ0v) is 21.7. The molecule has 1 saturated heterocycles. The molecule has 1 atom stereocenters. The van der Waals surface area contributed by atoms with E-state index in [1.807, 2.05) is 0 Å². The van der Waals surface area contributed by atoms with Gasteiger partial charge in [-0.05, 0) is 25.3 Å². The highest BCUT2D eigenvalue weighted by molar-refractivity contribution is 5.85. The monoisotopic (exact) mass is 577 g/mol. The number of halogens is 5. The molecule has 4 aromatic heterocycles. The van der Waals surface area contributed by atoms with Crippen LogP contribution in [0.15, 0.2) is 36.7 Å². The molecule has 1 unspecified atom stereocenters. The maximum atomic E-state index is 14.4. The summed E-state index contributed by atoms with van der Waals surface area (Å²) in [6.45, 7) is 0.196. The molecule has 2 aliphatic rings. The highest BCUT2D eigenvalue weighted by Gasteiger charge is 2.61. The van der Waals surface area contributed by atoms with E-state index in [9.17, 15) is 26.7 Å². The Hall–Kier alpha value is -4.14. The summed E-state index contributed by atoms with van der Waals surface area (Å²) in [6.07, 6.45) is -0.502. The zero-order chi connectivity index (χ0) is 28.9. The van der Waals surface area contributed by atoms with Crippen molar-refractivity contribution in [2.75, 3.05) is 18.5 Å². The third-order valence-corrected chi connectivity index (χ3v) is 7.03. The first kappa shape index (κ1) is 27.1. The van der Waals surface area contributed by atoms with Gasteiger partial charge in [-0.1, -0.05) is 0 Å². The minimum Gasteiger partial charge on any atom is -0.456 e. The van der Waals surface area contributed by atoms with Crippen LogP contribution in [0.25, 0.3) is 11.2 Å². The molecule has 2 fully saturated rings. The van der Waals surface area contributed by atoms with Crippen molar-refractivity contribution in [2.24, 2.45) is 13.0 Å². The number of rotatable bonds is 9. The number of imidazole rings is 1. The summed E-state index contributed by atoms with van der Waals surface area (Å²) in [5, 5.41) is 6.75. The predicted molar refractivity (Wildman–Crippen MR) is 134 cm³/mol. The van der Waals surface area contributed by atoms with Crippen LogP contribution in [-0.4, -0.2) is 54.5 Å². The first-order valence-electron chi connectivity index (χ1n) is 12.9. The molecule has 1 saturated carbocycles. The van der Waals surface area contributed by atoms with Gasteiger partial charge in [-0.2, -0.15) is 32.0 Å². The van der Waals surface area contributed by atoms with Crippen molar-refractivity contribution in [1.29, 1.82) is 0 Å². The molecule has 5 heterocycles. The lowest BCUT2D eigenvalue weighted by atomic mass is 10.1. The van der Waals surface area contributed by atoms with Gasteiger partial charge in [-0.25, -0.2) is 4.98 Å². The number of alkyl halides is 5. The quantitative estimate of drug-likeness (QED) is 0.270. The van der Waals surface area contributed by atoms with Crippen molar-refractivity contribution in [2.45, 2.75) is 43.8 Å². The van der Waals surface area contributed by atoms with E-state index in [0.717, 1.165) is 12.8 Å². The highest BCUT2D eigenvalue weighted by Crippen LogP contribution is 2.45. The van der Waals surface area contributed by atoms with Crippen LogP contribution in [-0.2, 0) is 28.9 Å². The number of nitrogens with one attached hydrogen (secondary N) is 1. The summed E-state index contributed by atoms with van der Waals surface area (Å²) in [5.74, 6) is -4.16. The molecule has 1 N–H and O–H groups in total. The van der Waals surface area contributed by atoms with Crippen molar-refractivity contribution in [3.8, 4) is 11.5 Å². The molecule has 0 amide bonds. The largest absolute Gasteiger partial charge is 0.459 e. The Morgan fingerprint density at radius 3 is 2.63 bits per heavy atom. The summed E-state index contributed by atoms with van der Waals surface area (Å²) < 4.78 is 81.8. The number of nitrogens with zero attached hydrogens (tertiary/aromatic N) is 6. The predicted octanol–water partition coefficient (Wildman–Crippen LogP) is 5.23. The molecule has 0 bridgehead atoms. The van der Waals surface area contributed by atoms with Gasteiger partial charge < -0.3 is 19.4 Å². The minimum absolute atomic E-state index is 0.0309. The molecule has 15 heteroatoms. The molecule has 1 aliphatic carbocycles. The normalized spacial score (nSPS) is 17.8. The van der Waals surface area contributed by atoms with E-state index < -0.39 is 23.8 Å². The Morgan fingerprint density at radius 2 is 1.93 bits per heavy atom. The third-order valence-electron chi connectivity index (χ3n) is 7.03. The average molecular weight is 578 g/mol. The number of hydrogen-bond acceptors (Lipinski definition) is 8. The number of ether oxygens (including phenoxy) is 2. The molecule has 1 aliphatic heterocycles. The number of aryl methyl sites for hydroxylation is 1. The fraction of sp³-hybridized carbons (Fsp3) is 0.423. The van der Waals surface area contributed by atoms with Gasteiger partial charge in [-0.15, -0.1) is 0 Å².